The first-order chi connectivity index (χ1) is 11.5. The first-order valence-corrected chi connectivity index (χ1v) is 8.55. The number of fused-ring (bicyclic) bond motifs is 3. The molecule has 2 aromatic rings. The standard InChI is InChI=1S/C16H15N3O4S/c20-8-5-6-11(19(22)23)10(7-8)14-17-15(21)13-9-3-1-2-4-12(9)24-16(13)18-14/h5-7,14,18,20H,1-4H2,(H,17,21)/t14-/m1/s1. The van der Waals surface area contributed by atoms with Crippen LogP contribution in [0.4, 0.5) is 10.7 Å². The Balaban J connectivity index is 1.76. The number of nitrogens with one attached hydrogen (secondary N) is 2. The molecule has 1 atom stereocenters. The molecule has 7 nitrogen and oxygen atoms in total. The van der Waals surface area contributed by atoms with E-state index < -0.39 is 11.1 Å². The summed E-state index contributed by atoms with van der Waals surface area (Å²) in [7, 11) is 0. The number of phenols is 1. The molecule has 1 aliphatic heterocycles. The minimum absolute atomic E-state index is 0.0806. The van der Waals surface area contributed by atoms with Gasteiger partial charge in [0.1, 0.15) is 16.9 Å². The lowest BCUT2D eigenvalue weighted by Crippen LogP contribution is -2.38. The molecule has 0 unspecified atom stereocenters. The summed E-state index contributed by atoms with van der Waals surface area (Å²) in [5.74, 6) is -0.297. The van der Waals surface area contributed by atoms with E-state index in [1.165, 1.54) is 23.1 Å². The van der Waals surface area contributed by atoms with Crippen LogP contribution in [0.1, 0.15) is 45.4 Å². The molecular formula is C16H15N3O4S. The van der Waals surface area contributed by atoms with Crippen molar-refractivity contribution < 1.29 is 14.8 Å². The van der Waals surface area contributed by atoms with Crippen molar-refractivity contribution in [2.24, 2.45) is 0 Å². The molecule has 0 fully saturated rings. The van der Waals surface area contributed by atoms with E-state index in [2.05, 4.69) is 10.6 Å². The van der Waals surface area contributed by atoms with Crippen LogP contribution in [0.5, 0.6) is 5.75 Å². The Kier molecular flexibility index (Phi) is 3.42. The van der Waals surface area contributed by atoms with Gasteiger partial charge in [-0.05, 0) is 43.4 Å². The molecule has 1 amide bonds. The molecule has 1 aromatic heterocycles. The minimum Gasteiger partial charge on any atom is -0.508 e. The Bertz CT molecular complexity index is 861. The summed E-state index contributed by atoms with van der Waals surface area (Å²) in [5, 5.41) is 27.7. The van der Waals surface area contributed by atoms with Gasteiger partial charge in [0.05, 0.1) is 16.1 Å². The lowest BCUT2D eigenvalue weighted by Gasteiger charge is -2.26. The van der Waals surface area contributed by atoms with E-state index in [1.807, 2.05) is 0 Å². The molecule has 3 N–H and O–H groups in total. The second-order valence-electron chi connectivity index (χ2n) is 5.97. The van der Waals surface area contributed by atoms with Crippen LogP contribution in [-0.4, -0.2) is 15.9 Å². The van der Waals surface area contributed by atoms with Gasteiger partial charge in [-0.1, -0.05) is 0 Å². The average Bonchev–Trinajstić information content (AvgIpc) is 2.93. The highest BCUT2D eigenvalue weighted by molar-refractivity contribution is 7.16. The highest BCUT2D eigenvalue weighted by Gasteiger charge is 2.34. The lowest BCUT2D eigenvalue weighted by atomic mass is 9.94. The second-order valence-corrected chi connectivity index (χ2v) is 7.07. The van der Waals surface area contributed by atoms with Crippen molar-refractivity contribution in [3.63, 3.8) is 0 Å². The number of carbonyl (C=O) groups excluding carboxylic acids is 1. The lowest BCUT2D eigenvalue weighted by molar-refractivity contribution is -0.385. The Hall–Kier alpha value is -2.61. The molecule has 8 heteroatoms. The fourth-order valence-electron chi connectivity index (χ4n) is 3.37. The van der Waals surface area contributed by atoms with Crippen molar-refractivity contribution in [2.45, 2.75) is 31.8 Å². The molecule has 24 heavy (non-hydrogen) atoms. The first-order valence-electron chi connectivity index (χ1n) is 7.74. The van der Waals surface area contributed by atoms with E-state index in [9.17, 15) is 20.0 Å². The number of hydrogen-bond donors (Lipinski definition) is 3. The van der Waals surface area contributed by atoms with E-state index in [-0.39, 0.29) is 22.9 Å². The van der Waals surface area contributed by atoms with Crippen LogP contribution < -0.4 is 10.6 Å². The van der Waals surface area contributed by atoms with Gasteiger partial charge in [-0.15, -0.1) is 11.3 Å². The van der Waals surface area contributed by atoms with Crippen LogP contribution in [0.15, 0.2) is 18.2 Å². The molecule has 4 rings (SSSR count). The van der Waals surface area contributed by atoms with Crippen LogP contribution in [-0.2, 0) is 12.8 Å². The van der Waals surface area contributed by atoms with Gasteiger partial charge in [0.25, 0.3) is 11.6 Å². The van der Waals surface area contributed by atoms with Gasteiger partial charge in [-0.2, -0.15) is 0 Å². The number of aryl methyl sites for hydroxylation is 1. The first kappa shape index (κ1) is 14.9. The average molecular weight is 345 g/mol. The van der Waals surface area contributed by atoms with Gasteiger partial charge in [0.2, 0.25) is 0 Å². The second kappa shape index (κ2) is 5.48. The fourth-order valence-corrected chi connectivity index (χ4v) is 4.69. The predicted molar refractivity (Wildman–Crippen MR) is 89.6 cm³/mol. The molecular weight excluding hydrogens is 330 g/mol. The van der Waals surface area contributed by atoms with Crippen molar-refractivity contribution >= 4 is 27.9 Å². The number of nitro groups is 1. The van der Waals surface area contributed by atoms with E-state index in [0.29, 0.717) is 5.56 Å². The Morgan fingerprint density at radius 1 is 1.25 bits per heavy atom. The Morgan fingerprint density at radius 3 is 2.83 bits per heavy atom. The molecule has 0 saturated carbocycles. The van der Waals surface area contributed by atoms with E-state index in [0.717, 1.165) is 36.2 Å². The van der Waals surface area contributed by atoms with Crippen molar-refractivity contribution in [1.29, 1.82) is 0 Å². The number of phenolic OH excluding ortho intramolecular Hbond substituents is 1. The summed E-state index contributed by atoms with van der Waals surface area (Å²) >= 11 is 1.55. The van der Waals surface area contributed by atoms with Crippen LogP contribution in [0, 0.1) is 10.1 Å². The van der Waals surface area contributed by atoms with Crippen LogP contribution in [0.25, 0.3) is 0 Å². The predicted octanol–water partition coefficient (Wildman–Crippen LogP) is 3.09. The SMILES string of the molecule is O=C1N[C@@H](c2cc(O)ccc2[N+](=O)[O-])Nc2sc3c(c21)CCCC3. The van der Waals surface area contributed by atoms with Crippen molar-refractivity contribution in [3.05, 3.63) is 49.9 Å². The maximum Gasteiger partial charge on any atom is 0.276 e. The number of amides is 1. The molecule has 124 valence electrons. The summed E-state index contributed by atoms with van der Waals surface area (Å²) in [6.07, 6.45) is 3.32. The van der Waals surface area contributed by atoms with Crippen LogP contribution in [0.3, 0.4) is 0 Å². The van der Waals surface area contributed by atoms with Crippen molar-refractivity contribution in [1.82, 2.24) is 5.32 Å². The summed E-state index contributed by atoms with van der Waals surface area (Å²) in [6, 6.07) is 3.82. The number of rotatable bonds is 2. The van der Waals surface area contributed by atoms with Gasteiger partial charge >= 0.3 is 0 Å². The maximum absolute atomic E-state index is 12.6. The van der Waals surface area contributed by atoms with Crippen LogP contribution in [0.2, 0.25) is 0 Å². The number of nitro benzene ring substituents is 1. The normalized spacial score (nSPS) is 19.0. The van der Waals surface area contributed by atoms with Gasteiger partial charge < -0.3 is 15.7 Å². The molecule has 0 bridgehead atoms. The van der Waals surface area contributed by atoms with Gasteiger partial charge in [-0.3, -0.25) is 14.9 Å². The quantitative estimate of drug-likeness (QED) is 0.573. The van der Waals surface area contributed by atoms with E-state index >= 15 is 0 Å². The zero-order valence-corrected chi connectivity index (χ0v) is 13.5. The molecule has 0 saturated heterocycles. The summed E-state index contributed by atoms with van der Waals surface area (Å²) in [6.45, 7) is 0. The number of carbonyl (C=O) groups is 1. The topological polar surface area (TPSA) is 104 Å². The summed E-state index contributed by atoms with van der Waals surface area (Å²) < 4.78 is 0. The van der Waals surface area contributed by atoms with E-state index in [4.69, 9.17) is 0 Å². The third-order valence-corrected chi connectivity index (χ3v) is 5.69. The number of nitrogens with zero attached hydrogens (tertiary/aromatic N) is 1. The minimum atomic E-state index is -0.738. The molecule has 0 spiro atoms. The molecule has 1 aliphatic carbocycles. The zero-order chi connectivity index (χ0) is 16.8. The van der Waals surface area contributed by atoms with Crippen molar-refractivity contribution in [3.8, 4) is 5.75 Å². The molecule has 2 heterocycles. The Morgan fingerprint density at radius 2 is 2.04 bits per heavy atom. The van der Waals surface area contributed by atoms with Gasteiger partial charge in [0, 0.05) is 10.9 Å². The third-order valence-electron chi connectivity index (χ3n) is 4.47. The largest absolute Gasteiger partial charge is 0.508 e. The number of hydrogen-bond acceptors (Lipinski definition) is 6. The monoisotopic (exact) mass is 345 g/mol. The number of benzene rings is 1. The van der Waals surface area contributed by atoms with Gasteiger partial charge in [0.15, 0.2) is 0 Å². The molecule has 2 aliphatic rings. The van der Waals surface area contributed by atoms with Crippen molar-refractivity contribution in [2.75, 3.05) is 5.32 Å². The summed E-state index contributed by atoms with van der Waals surface area (Å²) in [4.78, 5) is 24.5. The number of aromatic hydroxyl groups is 1. The third kappa shape index (κ3) is 2.30. The highest BCUT2D eigenvalue weighted by atomic mass is 32.1. The Labute approximate surface area is 141 Å². The smallest absolute Gasteiger partial charge is 0.276 e. The fraction of sp³-hybridized carbons (Fsp3) is 0.312. The zero-order valence-electron chi connectivity index (χ0n) is 12.7. The summed E-state index contributed by atoms with van der Waals surface area (Å²) in [5.41, 5.74) is 1.88. The number of anilines is 1. The van der Waals surface area contributed by atoms with Crippen LogP contribution >= 0.6 is 11.3 Å². The highest BCUT2D eigenvalue weighted by Crippen LogP contribution is 2.42. The molecule has 1 aromatic carbocycles. The van der Waals surface area contributed by atoms with E-state index in [1.54, 1.807) is 11.3 Å². The van der Waals surface area contributed by atoms with Gasteiger partial charge in [-0.25, -0.2) is 0 Å². The number of thiophene rings is 1. The maximum atomic E-state index is 12.6. The molecule has 0 radical (unpaired) electrons.